The van der Waals surface area contributed by atoms with Crippen molar-refractivity contribution in [2.75, 3.05) is 38.6 Å². The number of hydrogen-bond acceptors (Lipinski definition) is 3. The van der Waals surface area contributed by atoms with Crippen molar-refractivity contribution in [3.8, 4) is 0 Å². The molecule has 0 saturated carbocycles. The molecule has 0 radical (unpaired) electrons. The zero-order valence-corrected chi connectivity index (χ0v) is 23.3. The zero-order valence-electron chi connectivity index (χ0n) is 23.3. The summed E-state index contributed by atoms with van der Waals surface area (Å²) in [6.45, 7) is 0.00501. The van der Waals surface area contributed by atoms with E-state index >= 15 is 0 Å². The summed E-state index contributed by atoms with van der Waals surface area (Å²) in [6, 6.07) is 14.5. The number of hydrogen-bond donors (Lipinski definition) is 1. The highest BCUT2D eigenvalue weighted by Gasteiger charge is 2.39. The van der Waals surface area contributed by atoms with Crippen molar-refractivity contribution in [3.63, 3.8) is 0 Å². The molecule has 5 rings (SSSR count). The molecule has 3 aromatic carbocycles. The number of carbonyl (C=O) groups is 2. The minimum Gasteiger partial charge on any atom is -0.378 e. The van der Waals surface area contributed by atoms with Gasteiger partial charge in [-0.2, -0.15) is 26.3 Å². The molecule has 2 amide bonds. The van der Waals surface area contributed by atoms with Crippen molar-refractivity contribution in [3.05, 3.63) is 101 Å². The van der Waals surface area contributed by atoms with Crippen molar-refractivity contribution in [1.82, 2.24) is 14.8 Å². The number of anilines is 1. The Bertz CT molecular complexity index is 1610. The first-order chi connectivity index (χ1) is 20.2. The van der Waals surface area contributed by atoms with Crippen molar-refractivity contribution < 1.29 is 35.9 Å². The maximum absolute atomic E-state index is 13.7. The lowest BCUT2D eigenvalue weighted by atomic mass is 9.98. The van der Waals surface area contributed by atoms with Crippen LogP contribution in [0.15, 0.2) is 72.9 Å². The van der Waals surface area contributed by atoms with Gasteiger partial charge >= 0.3 is 12.4 Å². The minimum absolute atomic E-state index is 0.00160. The van der Waals surface area contributed by atoms with E-state index in [0.29, 0.717) is 17.7 Å². The molecule has 12 heteroatoms. The molecule has 43 heavy (non-hydrogen) atoms. The molecule has 1 N–H and O–H groups in total. The first-order valence-corrected chi connectivity index (χ1v) is 13.4. The van der Waals surface area contributed by atoms with Crippen molar-refractivity contribution in [2.45, 2.75) is 24.8 Å². The van der Waals surface area contributed by atoms with E-state index in [1.54, 1.807) is 35.4 Å². The largest absolute Gasteiger partial charge is 0.416 e. The monoisotopic (exact) mass is 602 g/mol. The summed E-state index contributed by atoms with van der Waals surface area (Å²) in [5.74, 6) is -1.26. The molecule has 4 aromatic rings. The second kappa shape index (κ2) is 11.3. The number of aromatic nitrogens is 1. The number of para-hydroxylation sites is 1. The number of halogens is 6. The summed E-state index contributed by atoms with van der Waals surface area (Å²) in [5.41, 5.74) is -0.906. The molecular weight excluding hydrogens is 574 g/mol. The Morgan fingerprint density at radius 3 is 2.07 bits per heavy atom. The van der Waals surface area contributed by atoms with Crippen molar-refractivity contribution >= 4 is 28.4 Å². The summed E-state index contributed by atoms with van der Waals surface area (Å²) in [4.78, 5) is 35.0. The number of nitrogens with zero attached hydrogens (tertiary/aromatic N) is 3. The first-order valence-electron chi connectivity index (χ1n) is 13.4. The number of alkyl halides is 6. The van der Waals surface area contributed by atoms with Crippen molar-refractivity contribution in [2.24, 2.45) is 0 Å². The van der Waals surface area contributed by atoms with Crippen LogP contribution in [0.25, 0.3) is 10.9 Å². The molecule has 2 heterocycles. The molecule has 0 aliphatic carbocycles. The highest BCUT2D eigenvalue weighted by molar-refractivity contribution is 5.97. The van der Waals surface area contributed by atoms with Crippen LogP contribution in [0.2, 0.25) is 0 Å². The van der Waals surface area contributed by atoms with E-state index < -0.39 is 41.0 Å². The van der Waals surface area contributed by atoms with Gasteiger partial charge in [0.2, 0.25) is 0 Å². The molecular formula is C31H28F6N4O2. The SMILES string of the molecule is CN(C)c1ccc(C(=O)N2CCN(C(=O)c3cc(C(F)(F)F)cc(C(F)(F)F)c3)[C@H](Cc3c[nH]c4ccccc34)C2)cc1. The Kier molecular flexibility index (Phi) is 7.89. The van der Waals surface area contributed by atoms with Gasteiger partial charge in [0.15, 0.2) is 0 Å². The van der Waals surface area contributed by atoms with E-state index in [0.717, 1.165) is 22.2 Å². The highest BCUT2D eigenvalue weighted by atomic mass is 19.4. The fourth-order valence-electron chi connectivity index (χ4n) is 5.37. The van der Waals surface area contributed by atoms with Gasteiger partial charge in [0.25, 0.3) is 11.8 Å². The number of piperazine rings is 1. The number of amides is 2. The summed E-state index contributed by atoms with van der Waals surface area (Å²) in [7, 11) is 3.73. The number of fused-ring (bicyclic) bond motifs is 1. The van der Waals surface area contributed by atoms with E-state index in [9.17, 15) is 35.9 Å². The number of H-pyrrole nitrogens is 1. The molecule has 226 valence electrons. The number of carbonyl (C=O) groups excluding carboxylic acids is 2. The number of aromatic amines is 1. The summed E-state index contributed by atoms with van der Waals surface area (Å²) in [5, 5.41) is 0.857. The third kappa shape index (κ3) is 6.32. The maximum Gasteiger partial charge on any atom is 0.416 e. The van der Waals surface area contributed by atoms with E-state index in [1.807, 2.05) is 43.3 Å². The molecule has 0 unspecified atom stereocenters. The van der Waals surface area contributed by atoms with E-state index in [4.69, 9.17) is 0 Å². The molecule has 6 nitrogen and oxygen atoms in total. The highest BCUT2D eigenvalue weighted by Crippen LogP contribution is 2.37. The van der Waals surface area contributed by atoms with E-state index in [2.05, 4.69) is 4.98 Å². The van der Waals surface area contributed by atoms with Crippen LogP contribution in [0.1, 0.15) is 37.4 Å². The Hall–Kier alpha value is -4.48. The van der Waals surface area contributed by atoms with Gasteiger partial charge in [-0.1, -0.05) is 18.2 Å². The van der Waals surface area contributed by atoms with Gasteiger partial charge < -0.3 is 19.7 Å². The molecule has 1 atom stereocenters. The minimum atomic E-state index is -5.09. The van der Waals surface area contributed by atoms with Crippen LogP contribution in [0, 0.1) is 0 Å². The van der Waals surface area contributed by atoms with Gasteiger partial charge in [-0.05, 0) is 60.5 Å². The lowest BCUT2D eigenvalue weighted by Crippen LogP contribution is -2.57. The van der Waals surface area contributed by atoms with Gasteiger partial charge in [-0.25, -0.2) is 0 Å². The lowest BCUT2D eigenvalue weighted by Gasteiger charge is -2.42. The quantitative estimate of drug-likeness (QED) is 0.266. The predicted molar refractivity (Wildman–Crippen MR) is 150 cm³/mol. The topological polar surface area (TPSA) is 59.7 Å². The molecule has 0 spiro atoms. The third-order valence-corrected chi connectivity index (χ3v) is 7.63. The Labute approximate surface area is 243 Å². The van der Waals surface area contributed by atoms with Gasteiger partial charge in [0, 0.05) is 67.6 Å². The van der Waals surface area contributed by atoms with Crippen LogP contribution in [0.4, 0.5) is 32.0 Å². The fraction of sp³-hybridized carbons (Fsp3) is 0.290. The van der Waals surface area contributed by atoms with E-state index in [1.165, 1.54) is 4.90 Å². The summed E-state index contributed by atoms with van der Waals surface area (Å²) in [6.07, 6.45) is -8.22. The molecule has 1 saturated heterocycles. The van der Waals surface area contributed by atoms with Crippen molar-refractivity contribution in [1.29, 1.82) is 0 Å². The second-order valence-electron chi connectivity index (χ2n) is 10.7. The number of benzene rings is 3. The van der Waals surface area contributed by atoms with Crippen LogP contribution in [-0.4, -0.2) is 66.4 Å². The van der Waals surface area contributed by atoms with Gasteiger partial charge in [0.05, 0.1) is 17.2 Å². The third-order valence-electron chi connectivity index (χ3n) is 7.63. The van der Waals surface area contributed by atoms with Crippen LogP contribution in [-0.2, 0) is 18.8 Å². The maximum atomic E-state index is 13.7. The fourth-order valence-corrected chi connectivity index (χ4v) is 5.37. The Morgan fingerprint density at radius 2 is 1.47 bits per heavy atom. The molecule has 1 aliphatic rings. The van der Waals surface area contributed by atoms with Gasteiger partial charge in [0.1, 0.15) is 0 Å². The smallest absolute Gasteiger partial charge is 0.378 e. The normalized spacial score (nSPS) is 16.0. The molecule has 1 fully saturated rings. The Balaban J connectivity index is 1.49. The van der Waals surface area contributed by atoms with Gasteiger partial charge in [-0.3, -0.25) is 9.59 Å². The van der Waals surface area contributed by atoms with Crippen LogP contribution in [0.5, 0.6) is 0 Å². The number of rotatable bonds is 5. The van der Waals surface area contributed by atoms with Crippen LogP contribution < -0.4 is 4.90 Å². The summed E-state index contributed by atoms with van der Waals surface area (Å²) >= 11 is 0. The molecule has 1 aliphatic heterocycles. The first kappa shape index (κ1) is 30.0. The molecule has 1 aromatic heterocycles. The molecule has 0 bridgehead atoms. The second-order valence-corrected chi connectivity index (χ2v) is 10.7. The standard InChI is InChI=1S/C31H28F6N4O2/c1-39(2)24-9-7-19(8-10-24)28(42)40-11-12-41(25(18-40)15-21-17-38-27-6-4-3-5-26(21)27)29(43)20-13-22(30(32,33)34)16-23(14-20)31(35,36)37/h3-10,13-14,16-17,25,38H,11-12,15,18H2,1-2H3/t25-/m1/s1. The zero-order chi connectivity index (χ0) is 31.1. The number of nitrogens with one attached hydrogen (secondary N) is 1. The van der Waals surface area contributed by atoms with Crippen LogP contribution in [0.3, 0.4) is 0 Å². The van der Waals surface area contributed by atoms with E-state index in [-0.39, 0.29) is 38.0 Å². The van der Waals surface area contributed by atoms with Gasteiger partial charge in [-0.15, -0.1) is 0 Å². The Morgan fingerprint density at radius 1 is 0.837 bits per heavy atom. The summed E-state index contributed by atoms with van der Waals surface area (Å²) < 4.78 is 81.3. The predicted octanol–water partition coefficient (Wildman–Crippen LogP) is 6.48. The average Bonchev–Trinajstić information content (AvgIpc) is 3.38. The average molecular weight is 603 g/mol. The lowest BCUT2D eigenvalue weighted by molar-refractivity contribution is -0.143. The van der Waals surface area contributed by atoms with Crippen LogP contribution >= 0.6 is 0 Å².